The fourth-order valence-electron chi connectivity index (χ4n) is 2.47. The van der Waals surface area contributed by atoms with E-state index in [0.29, 0.717) is 24.5 Å². The Balaban J connectivity index is 0.00000338. The number of non-ortho nitro benzene ring substituents is 1. The fourth-order valence-corrected chi connectivity index (χ4v) is 2.47. The maximum absolute atomic E-state index is 12.6. The van der Waals surface area contributed by atoms with Gasteiger partial charge in [0.2, 0.25) is 0 Å². The lowest BCUT2D eigenvalue weighted by molar-refractivity contribution is -0.384. The van der Waals surface area contributed by atoms with E-state index in [2.05, 4.69) is 10.3 Å². The average molecular weight is 383 g/mol. The maximum atomic E-state index is 12.6. The third kappa shape index (κ3) is 4.55. The normalized spacial score (nSPS) is 11.0. The summed E-state index contributed by atoms with van der Waals surface area (Å²) in [5.74, 6) is -0.268. The molecule has 1 amide bonds. The van der Waals surface area contributed by atoms with Crippen molar-refractivity contribution in [3.05, 3.63) is 45.8 Å². The van der Waals surface area contributed by atoms with Crippen LogP contribution >= 0.6 is 12.4 Å². The molecule has 1 aromatic carbocycles. The maximum Gasteiger partial charge on any atom is 0.276 e. The summed E-state index contributed by atoms with van der Waals surface area (Å²) in [6.45, 7) is 6.58. The van der Waals surface area contributed by atoms with E-state index in [1.165, 1.54) is 16.8 Å². The summed E-state index contributed by atoms with van der Waals surface area (Å²) < 4.78 is 1.42. The van der Waals surface area contributed by atoms with Gasteiger partial charge in [-0.3, -0.25) is 14.9 Å². The van der Waals surface area contributed by atoms with Crippen LogP contribution in [-0.2, 0) is 0 Å². The van der Waals surface area contributed by atoms with Crippen LogP contribution in [-0.4, -0.2) is 50.9 Å². The van der Waals surface area contributed by atoms with Crippen molar-refractivity contribution in [3.63, 3.8) is 0 Å². The second-order valence-electron chi connectivity index (χ2n) is 6.74. The minimum Gasteiger partial charge on any atom is -0.340 e. The Kier molecular flexibility index (Phi) is 6.82. The lowest BCUT2D eigenvalue weighted by Crippen LogP contribution is -2.40. The predicted molar refractivity (Wildman–Crippen MR) is 99.8 cm³/mol. The number of aromatic nitrogens is 3. The number of nitro groups is 1. The van der Waals surface area contributed by atoms with Crippen LogP contribution in [0.4, 0.5) is 5.69 Å². The largest absolute Gasteiger partial charge is 0.340 e. The minimum atomic E-state index is -0.482. The summed E-state index contributed by atoms with van der Waals surface area (Å²) in [5, 5.41) is 18.9. The van der Waals surface area contributed by atoms with Crippen LogP contribution in [0.5, 0.6) is 0 Å². The van der Waals surface area contributed by atoms with Crippen molar-refractivity contribution in [1.82, 2.24) is 19.9 Å². The van der Waals surface area contributed by atoms with Crippen molar-refractivity contribution < 1.29 is 9.72 Å². The topological polar surface area (TPSA) is 120 Å². The molecule has 0 radical (unpaired) electrons. The van der Waals surface area contributed by atoms with Crippen molar-refractivity contribution in [2.75, 3.05) is 20.1 Å². The van der Waals surface area contributed by atoms with Crippen LogP contribution < -0.4 is 5.73 Å². The molecule has 0 atom stereocenters. The van der Waals surface area contributed by atoms with Gasteiger partial charge in [-0.15, -0.1) is 17.5 Å². The summed E-state index contributed by atoms with van der Waals surface area (Å²) in [6, 6.07) is 6.01. The highest BCUT2D eigenvalue weighted by atomic mass is 35.5. The second-order valence-corrected chi connectivity index (χ2v) is 6.74. The third-order valence-corrected chi connectivity index (χ3v) is 3.95. The highest BCUT2D eigenvalue weighted by molar-refractivity contribution is 5.93. The van der Waals surface area contributed by atoms with Crippen LogP contribution in [0, 0.1) is 22.5 Å². The molecule has 2 aromatic rings. The third-order valence-electron chi connectivity index (χ3n) is 3.95. The van der Waals surface area contributed by atoms with Crippen LogP contribution in [0.1, 0.15) is 30.0 Å². The predicted octanol–water partition coefficient (Wildman–Crippen LogP) is 1.96. The van der Waals surface area contributed by atoms with Crippen LogP contribution in [0.3, 0.4) is 0 Å². The van der Waals surface area contributed by atoms with Gasteiger partial charge in [0.15, 0.2) is 5.69 Å². The van der Waals surface area contributed by atoms with E-state index in [-0.39, 0.29) is 35.1 Å². The number of halogens is 1. The zero-order chi connectivity index (χ0) is 18.8. The number of hydrogen-bond donors (Lipinski definition) is 1. The summed E-state index contributed by atoms with van der Waals surface area (Å²) in [7, 11) is 1.69. The molecule has 142 valence electrons. The zero-order valence-corrected chi connectivity index (χ0v) is 16.0. The van der Waals surface area contributed by atoms with Gasteiger partial charge >= 0.3 is 0 Å². The Morgan fingerprint density at radius 2 is 2.08 bits per heavy atom. The Morgan fingerprint density at radius 1 is 1.42 bits per heavy atom. The molecule has 0 spiro atoms. The standard InChI is InChI=1S/C16H22N6O3.ClH/c1-11-14(15(23)20(4)10-16(2,3)9-17)18-19-21(11)12-6-5-7-13(8-12)22(24)25;/h5-8H,9-10,17H2,1-4H3;1H. The summed E-state index contributed by atoms with van der Waals surface area (Å²) in [6.07, 6.45) is 0. The number of nitrogens with two attached hydrogens (primary N) is 1. The summed E-state index contributed by atoms with van der Waals surface area (Å²) in [5.41, 5.74) is 6.65. The van der Waals surface area contributed by atoms with E-state index in [1.807, 2.05) is 13.8 Å². The molecular weight excluding hydrogens is 360 g/mol. The summed E-state index contributed by atoms with van der Waals surface area (Å²) in [4.78, 5) is 24.6. The highest BCUT2D eigenvalue weighted by Crippen LogP contribution is 2.20. The van der Waals surface area contributed by atoms with Crippen LogP contribution in [0.2, 0.25) is 0 Å². The SMILES string of the molecule is Cc1c(C(=O)N(C)CC(C)(C)CN)nnn1-c1cccc([N+](=O)[O-])c1.Cl. The lowest BCUT2D eigenvalue weighted by atomic mass is 9.93. The van der Waals surface area contributed by atoms with Crippen LogP contribution in [0.25, 0.3) is 5.69 Å². The molecule has 0 aliphatic carbocycles. The number of benzene rings is 1. The van der Waals surface area contributed by atoms with Crippen molar-refractivity contribution in [2.24, 2.45) is 11.1 Å². The van der Waals surface area contributed by atoms with E-state index < -0.39 is 4.92 Å². The molecule has 0 aliphatic rings. The van der Waals surface area contributed by atoms with Gasteiger partial charge in [0, 0.05) is 25.7 Å². The Bertz CT molecular complexity index is 805. The van der Waals surface area contributed by atoms with E-state index in [4.69, 9.17) is 5.73 Å². The Hall–Kier alpha value is -2.52. The molecule has 0 unspecified atom stereocenters. The quantitative estimate of drug-likeness (QED) is 0.602. The first-order valence-electron chi connectivity index (χ1n) is 7.79. The molecule has 26 heavy (non-hydrogen) atoms. The van der Waals surface area contributed by atoms with Gasteiger partial charge < -0.3 is 10.6 Å². The monoisotopic (exact) mass is 382 g/mol. The number of hydrogen-bond acceptors (Lipinski definition) is 6. The number of amides is 1. The van der Waals surface area contributed by atoms with Gasteiger partial charge in [-0.05, 0) is 24.9 Å². The van der Waals surface area contributed by atoms with E-state index in [9.17, 15) is 14.9 Å². The van der Waals surface area contributed by atoms with E-state index in [1.54, 1.807) is 31.0 Å². The van der Waals surface area contributed by atoms with Crippen molar-refractivity contribution >= 4 is 24.0 Å². The average Bonchev–Trinajstić information content (AvgIpc) is 2.95. The molecule has 2 N–H and O–H groups in total. The number of rotatable bonds is 6. The minimum absolute atomic E-state index is 0. The number of nitrogens with zero attached hydrogens (tertiary/aromatic N) is 5. The second kappa shape index (κ2) is 8.24. The smallest absolute Gasteiger partial charge is 0.276 e. The van der Waals surface area contributed by atoms with E-state index >= 15 is 0 Å². The fraction of sp³-hybridized carbons (Fsp3) is 0.438. The number of nitro benzene ring substituents is 1. The highest BCUT2D eigenvalue weighted by Gasteiger charge is 2.26. The molecule has 0 saturated heterocycles. The van der Waals surface area contributed by atoms with Crippen molar-refractivity contribution in [1.29, 1.82) is 0 Å². The number of carbonyl (C=O) groups excluding carboxylic acids is 1. The van der Waals surface area contributed by atoms with Crippen molar-refractivity contribution in [3.8, 4) is 5.69 Å². The van der Waals surface area contributed by atoms with Gasteiger partial charge in [0.25, 0.3) is 11.6 Å². The van der Waals surface area contributed by atoms with Gasteiger partial charge in [0.05, 0.1) is 16.3 Å². The lowest BCUT2D eigenvalue weighted by Gasteiger charge is -2.28. The zero-order valence-electron chi connectivity index (χ0n) is 15.2. The van der Waals surface area contributed by atoms with Crippen molar-refractivity contribution in [2.45, 2.75) is 20.8 Å². The summed E-state index contributed by atoms with van der Waals surface area (Å²) >= 11 is 0. The Morgan fingerprint density at radius 3 is 2.65 bits per heavy atom. The van der Waals surface area contributed by atoms with Gasteiger partial charge in [0.1, 0.15) is 0 Å². The molecule has 0 aliphatic heterocycles. The molecule has 0 saturated carbocycles. The van der Waals surface area contributed by atoms with Gasteiger partial charge in [-0.25, -0.2) is 4.68 Å². The van der Waals surface area contributed by atoms with E-state index in [0.717, 1.165) is 0 Å². The molecule has 0 fully saturated rings. The molecule has 1 aromatic heterocycles. The van der Waals surface area contributed by atoms with Crippen LogP contribution in [0.15, 0.2) is 24.3 Å². The van der Waals surface area contributed by atoms with Gasteiger partial charge in [-0.1, -0.05) is 25.1 Å². The molecule has 1 heterocycles. The Labute approximate surface area is 157 Å². The molecule has 9 nitrogen and oxygen atoms in total. The first-order chi connectivity index (χ1) is 11.7. The molecule has 0 bridgehead atoms. The molecular formula is C16H23ClN6O3. The van der Waals surface area contributed by atoms with Gasteiger partial charge in [-0.2, -0.15) is 0 Å². The first kappa shape index (κ1) is 21.5. The molecule has 10 heteroatoms. The number of carbonyl (C=O) groups is 1. The first-order valence-corrected chi connectivity index (χ1v) is 7.79. The molecule has 2 rings (SSSR count).